The number of phenols is 8. The van der Waals surface area contributed by atoms with Gasteiger partial charge >= 0.3 is 0 Å². The molecule has 0 aliphatic heterocycles. The predicted molar refractivity (Wildman–Crippen MR) is 148 cm³/mol. The summed E-state index contributed by atoms with van der Waals surface area (Å²) in [5.74, 6) is -4.15. The van der Waals surface area contributed by atoms with Crippen molar-refractivity contribution in [3.63, 3.8) is 0 Å². The quantitative estimate of drug-likeness (QED) is 0.152. The van der Waals surface area contributed by atoms with Crippen LogP contribution < -0.4 is 20.9 Å². The second-order valence-corrected chi connectivity index (χ2v) is 10.1. The van der Waals surface area contributed by atoms with Gasteiger partial charge in [-0.25, -0.2) is 0 Å². The van der Waals surface area contributed by atoms with E-state index in [1.165, 1.54) is 0 Å². The molecule has 0 saturated heterocycles. The zero-order valence-electron chi connectivity index (χ0n) is 21.5. The average molecular weight is 519 g/mol. The van der Waals surface area contributed by atoms with Crippen LogP contribution in [0.25, 0.3) is 58.0 Å². The van der Waals surface area contributed by atoms with E-state index >= 15 is 0 Å². The second-order valence-electron chi connectivity index (χ2n) is 10.1. The highest BCUT2D eigenvalue weighted by atomic mass is 16.3. The summed E-state index contributed by atoms with van der Waals surface area (Å²) in [7, 11) is 0. The Bertz CT molecular complexity index is 1750. The Kier molecular flexibility index (Phi) is 6.23. The number of aromatic hydroxyl groups is 8. The molecule has 0 spiro atoms. The monoisotopic (exact) mass is 518 g/mol. The van der Waals surface area contributed by atoms with Gasteiger partial charge in [-0.15, -0.1) is 0 Å². The lowest BCUT2D eigenvalue weighted by molar-refractivity contribution is 0.400. The minimum atomic E-state index is -0.545. The van der Waals surface area contributed by atoms with E-state index in [2.05, 4.69) is 13.2 Å². The number of rotatable bonds is 3. The van der Waals surface area contributed by atoms with E-state index in [9.17, 15) is 40.9 Å². The number of hydrogen-bond donors (Lipinski definition) is 8. The maximum atomic E-state index is 11.4. The first kappa shape index (κ1) is 26.3. The fraction of sp³-hybridized carbons (Fsp3) is 0.200. The molecular formula is C30H30O8. The third kappa shape index (κ3) is 3.76. The van der Waals surface area contributed by atoms with Crippen molar-refractivity contribution in [2.45, 2.75) is 27.7 Å². The Labute approximate surface area is 217 Å². The van der Waals surface area contributed by atoms with Crippen LogP contribution in [0, 0.1) is 11.8 Å². The van der Waals surface area contributed by atoms with Gasteiger partial charge in [0.2, 0.25) is 0 Å². The van der Waals surface area contributed by atoms with Crippen molar-refractivity contribution in [3.05, 3.63) is 33.0 Å². The van der Waals surface area contributed by atoms with Gasteiger partial charge < -0.3 is 40.9 Å². The van der Waals surface area contributed by atoms with Crippen LogP contribution in [0.1, 0.15) is 27.7 Å². The van der Waals surface area contributed by atoms with Gasteiger partial charge in [0.05, 0.1) is 0 Å². The highest BCUT2D eigenvalue weighted by Gasteiger charge is 2.25. The van der Waals surface area contributed by atoms with E-state index in [4.69, 9.17) is 0 Å². The molecule has 198 valence electrons. The summed E-state index contributed by atoms with van der Waals surface area (Å²) in [4.78, 5) is 0. The summed E-state index contributed by atoms with van der Waals surface area (Å²) in [5, 5.41) is 86.8. The molecule has 0 atom stereocenters. The lowest BCUT2D eigenvalue weighted by Crippen LogP contribution is -2.17. The van der Waals surface area contributed by atoms with E-state index in [-0.39, 0.29) is 65.4 Å². The van der Waals surface area contributed by atoms with Crippen molar-refractivity contribution >= 4 is 46.9 Å². The van der Waals surface area contributed by atoms with Gasteiger partial charge in [-0.1, -0.05) is 53.0 Å². The van der Waals surface area contributed by atoms with Crippen LogP contribution in [0.5, 0.6) is 46.0 Å². The van der Waals surface area contributed by atoms with Gasteiger partial charge in [0.25, 0.3) is 0 Å². The first-order chi connectivity index (χ1) is 17.7. The molecule has 0 aliphatic carbocycles. The summed E-state index contributed by atoms with van der Waals surface area (Å²) >= 11 is 0. The van der Waals surface area contributed by atoms with Crippen LogP contribution in [0.3, 0.4) is 0 Å². The van der Waals surface area contributed by atoms with Crippen molar-refractivity contribution in [2.75, 3.05) is 0 Å². The number of phenolic OH excluding ortho intramolecular Hbond substituents is 8. The van der Waals surface area contributed by atoms with Crippen molar-refractivity contribution < 1.29 is 40.9 Å². The van der Waals surface area contributed by atoms with Gasteiger partial charge in [-0.3, -0.25) is 0 Å². The molecule has 0 bridgehead atoms. The summed E-state index contributed by atoms with van der Waals surface area (Å²) in [6.45, 7) is 15.1. The van der Waals surface area contributed by atoms with Gasteiger partial charge in [-0.2, -0.15) is 0 Å². The first-order valence-corrected chi connectivity index (χ1v) is 12.0. The molecule has 0 fully saturated rings. The minimum absolute atomic E-state index is 0.0340. The van der Waals surface area contributed by atoms with Gasteiger partial charge in [0, 0.05) is 53.5 Å². The van der Waals surface area contributed by atoms with Crippen molar-refractivity contribution in [3.8, 4) is 57.1 Å². The molecule has 0 radical (unpaired) electrons. The molecule has 0 amide bonds. The molecular weight excluding hydrogens is 488 g/mol. The van der Waals surface area contributed by atoms with E-state index in [1.54, 1.807) is 12.2 Å². The Morgan fingerprint density at radius 3 is 1.13 bits per heavy atom. The fourth-order valence-electron chi connectivity index (χ4n) is 4.86. The lowest BCUT2D eigenvalue weighted by atomic mass is 9.90. The van der Waals surface area contributed by atoms with Gasteiger partial charge in [-0.05, 0) is 24.0 Å². The van der Waals surface area contributed by atoms with Crippen LogP contribution in [0.4, 0.5) is 0 Å². The molecule has 0 heterocycles. The molecule has 4 aromatic rings. The van der Waals surface area contributed by atoms with E-state index in [1.807, 2.05) is 27.7 Å². The Morgan fingerprint density at radius 1 is 0.526 bits per heavy atom. The van der Waals surface area contributed by atoms with E-state index < -0.39 is 46.0 Å². The van der Waals surface area contributed by atoms with Crippen LogP contribution in [0.2, 0.25) is 0 Å². The van der Waals surface area contributed by atoms with Gasteiger partial charge in [0.15, 0.2) is 23.0 Å². The Balaban J connectivity index is 2.29. The largest absolute Gasteiger partial charge is 0.507 e. The molecule has 38 heavy (non-hydrogen) atoms. The molecule has 8 heteroatoms. The lowest BCUT2D eigenvalue weighted by Gasteiger charge is -2.18. The average Bonchev–Trinajstić information content (AvgIpc) is 2.83. The van der Waals surface area contributed by atoms with Crippen LogP contribution in [0.15, 0.2) is 12.1 Å². The maximum absolute atomic E-state index is 11.4. The zero-order chi connectivity index (χ0) is 28.4. The second kappa shape index (κ2) is 8.99. The summed E-state index contributed by atoms with van der Waals surface area (Å²) < 4.78 is 0. The SMILES string of the molecule is C=c1c(-c2c(O)c3cc(O)c(O)/c(=C\C(C)C)c3c(O)c2=C)c(O)c2cc(O)c(O)/c(=C\C(C)C)c2c1O. The number of fused-ring (bicyclic) bond motifs is 2. The Hall–Kier alpha value is -4.72. The summed E-state index contributed by atoms with van der Waals surface area (Å²) in [6, 6.07) is 2.14. The van der Waals surface area contributed by atoms with Crippen molar-refractivity contribution in [2.24, 2.45) is 11.8 Å². The topological polar surface area (TPSA) is 162 Å². The van der Waals surface area contributed by atoms with Crippen LogP contribution in [-0.2, 0) is 0 Å². The normalized spacial score (nSPS) is 13.0. The third-order valence-corrected chi connectivity index (χ3v) is 6.52. The fourth-order valence-corrected chi connectivity index (χ4v) is 4.86. The molecule has 0 saturated carbocycles. The molecule has 4 aromatic carbocycles. The zero-order valence-corrected chi connectivity index (χ0v) is 21.5. The molecule has 4 rings (SSSR count). The smallest absolute Gasteiger partial charge is 0.165 e. The van der Waals surface area contributed by atoms with Crippen LogP contribution in [-0.4, -0.2) is 40.9 Å². The van der Waals surface area contributed by atoms with Crippen LogP contribution >= 0.6 is 0 Å². The molecule has 0 aliphatic rings. The van der Waals surface area contributed by atoms with Gasteiger partial charge in [0.1, 0.15) is 23.0 Å². The minimum Gasteiger partial charge on any atom is -0.507 e. The third-order valence-electron chi connectivity index (χ3n) is 6.52. The molecule has 8 nitrogen and oxygen atoms in total. The van der Waals surface area contributed by atoms with E-state index in [0.717, 1.165) is 12.1 Å². The first-order valence-electron chi connectivity index (χ1n) is 12.0. The highest BCUT2D eigenvalue weighted by Crippen LogP contribution is 2.44. The summed E-state index contributed by atoms with van der Waals surface area (Å²) in [5.41, 5.74) is -0.366. The Morgan fingerprint density at radius 2 is 0.842 bits per heavy atom. The maximum Gasteiger partial charge on any atom is 0.165 e. The number of hydrogen-bond acceptors (Lipinski definition) is 8. The van der Waals surface area contributed by atoms with Crippen molar-refractivity contribution in [1.29, 1.82) is 0 Å². The molecule has 0 aromatic heterocycles. The standard InChI is InChI=1S/C30H30O8/c1-11(2)7-15-23-17(9-19(31)27(15)35)29(37)21(13(5)25(23)33)22-14(6)26(34)24-16(8-12(3)4)28(36)20(32)10-18(24)30(22)38/h7-12,31-38H,5-6H2,1-4H3/b15-7-,16-8-. The summed E-state index contributed by atoms with van der Waals surface area (Å²) in [6.07, 6.45) is 3.20. The van der Waals surface area contributed by atoms with E-state index in [0.29, 0.717) is 0 Å². The predicted octanol–water partition coefficient (Wildman–Crippen LogP) is 3.00. The number of benzene rings is 4. The molecule has 8 N–H and O–H groups in total. The van der Waals surface area contributed by atoms with Crippen molar-refractivity contribution in [1.82, 2.24) is 0 Å². The highest BCUT2D eigenvalue weighted by molar-refractivity contribution is 6.06. The molecule has 0 unspecified atom stereocenters.